The van der Waals surface area contributed by atoms with E-state index in [0.717, 1.165) is 29.7 Å². The van der Waals surface area contributed by atoms with E-state index in [-0.39, 0.29) is 20.0 Å². The molecule has 0 aliphatic carbocycles. The molecule has 0 aromatic heterocycles. The number of fused-ring (bicyclic) bond motifs is 1. The summed E-state index contributed by atoms with van der Waals surface area (Å²) >= 11 is 0. The molecule has 0 fully saturated rings. The molecule has 19 heavy (non-hydrogen) atoms. The fourth-order valence-corrected chi connectivity index (χ4v) is 2.00. The molecule has 0 atom stereocenters. The summed E-state index contributed by atoms with van der Waals surface area (Å²) < 4.78 is 41.7. The summed E-state index contributed by atoms with van der Waals surface area (Å²) in [6, 6.07) is 5.73. The molecule has 0 radical (unpaired) electrons. The highest BCUT2D eigenvalue weighted by Crippen LogP contribution is 2.32. The molecule has 1 aromatic rings. The highest BCUT2D eigenvalue weighted by Gasteiger charge is 2.12. The van der Waals surface area contributed by atoms with E-state index in [1.54, 1.807) is 0 Å². The van der Waals surface area contributed by atoms with Gasteiger partial charge in [0.2, 0.25) is 6.79 Å². The van der Waals surface area contributed by atoms with Crippen molar-refractivity contribution in [3.05, 3.63) is 23.8 Å². The van der Waals surface area contributed by atoms with Crippen molar-refractivity contribution in [2.24, 2.45) is 0 Å². The Morgan fingerprint density at radius 3 is 2.74 bits per heavy atom. The lowest BCUT2D eigenvalue weighted by molar-refractivity contribution is 0.105. The van der Waals surface area contributed by atoms with Crippen LogP contribution in [0.25, 0.3) is 0 Å². The van der Waals surface area contributed by atoms with E-state index in [9.17, 15) is 8.42 Å². The zero-order valence-electron chi connectivity index (χ0n) is 10.6. The standard InChI is InChI=1S/C12H16O6S/c1-19(13,14)18-7-6-15-5-4-10-2-3-11-12(8-10)17-9-16-11/h2-3,8H,4-7,9H2,1H3. The Morgan fingerprint density at radius 2 is 1.95 bits per heavy atom. The number of benzene rings is 1. The fourth-order valence-electron chi connectivity index (χ4n) is 1.63. The van der Waals surface area contributed by atoms with E-state index < -0.39 is 10.1 Å². The predicted molar refractivity (Wildman–Crippen MR) is 67.9 cm³/mol. The van der Waals surface area contributed by atoms with Crippen LogP contribution in [0.4, 0.5) is 0 Å². The average Bonchev–Trinajstić information content (AvgIpc) is 2.79. The summed E-state index contributed by atoms with van der Waals surface area (Å²) in [6.07, 6.45) is 1.73. The van der Waals surface area contributed by atoms with E-state index in [0.29, 0.717) is 6.61 Å². The predicted octanol–water partition coefficient (Wildman–Crippen LogP) is 0.951. The first-order chi connectivity index (χ1) is 9.04. The summed E-state index contributed by atoms with van der Waals surface area (Å²) in [7, 11) is -3.38. The SMILES string of the molecule is CS(=O)(=O)OCCOCCc1ccc2c(c1)OCO2. The van der Waals surface area contributed by atoms with E-state index in [1.807, 2.05) is 18.2 Å². The zero-order chi connectivity index (χ0) is 13.7. The van der Waals surface area contributed by atoms with Crippen molar-refractivity contribution >= 4 is 10.1 Å². The summed E-state index contributed by atoms with van der Waals surface area (Å²) in [5.74, 6) is 1.50. The first-order valence-corrected chi connectivity index (χ1v) is 7.67. The van der Waals surface area contributed by atoms with Gasteiger partial charge in [0, 0.05) is 0 Å². The minimum atomic E-state index is -3.38. The lowest BCUT2D eigenvalue weighted by atomic mass is 10.1. The van der Waals surface area contributed by atoms with E-state index in [1.165, 1.54) is 0 Å². The molecule has 0 unspecified atom stereocenters. The smallest absolute Gasteiger partial charge is 0.264 e. The van der Waals surface area contributed by atoms with Gasteiger partial charge in [-0.25, -0.2) is 0 Å². The van der Waals surface area contributed by atoms with Crippen molar-refractivity contribution in [1.29, 1.82) is 0 Å². The molecular formula is C12H16O6S. The van der Waals surface area contributed by atoms with E-state index >= 15 is 0 Å². The maximum atomic E-state index is 10.7. The van der Waals surface area contributed by atoms with Crippen LogP contribution in [0.1, 0.15) is 5.56 Å². The fraction of sp³-hybridized carbons (Fsp3) is 0.500. The quantitative estimate of drug-likeness (QED) is 0.549. The minimum Gasteiger partial charge on any atom is -0.454 e. The second-order valence-electron chi connectivity index (χ2n) is 4.08. The summed E-state index contributed by atoms with van der Waals surface area (Å²) in [6.45, 7) is 1.04. The Hall–Kier alpha value is -1.31. The van der Waals surface area contributed by atoms with Gasteiger partial charge >= 0.3 is 0 Å². The van der Waals surface area contributed by atoms with Crippen molar-refractivity contribution in [1.82, 2.24) is 0 Å². The average molecular weight is 288 g/mol. The Kier molecular flexibility index (Phi) is 4.62. The van der Waals surface area contributed by atoms with Gasteiger partial charge in [-0.3, -0.25) is 4.18 Å². The number of ether oxygens (including phenoxy) is 3. The maximum Gasteiger partial charge on any atom is 0.264 e. The van der Waals surface area contributed by atoms with Crippen LogP contribution in [0.3, 0.4) is 0 Å². The molecule has 6 nitrogen and oxygen atoms in total. The first kappa shape index (κ1) is 14.1. The molecule has 1 aromatic carbocycles. The third kappa shape index (κ3) is 4.70. The van der Waals surface area contributed by atoms with Gasteiger partial charge in [0.15, 0.2) is 11.5 Å². The molecule has 0 bridgehead atoms. The van der Waals surface area contributed by atoms with Crippen LogP contribution in [-0.4, -0.2) is 41.3 Å². The molecule has 0 amide bonds. The molecule has 1 heterocycles. The number of hydrogen-bond acceptors (Lipinski definition) is 6. The first-order valence-electron chi connectivity index (χ1n) is 5.85. The monoisotopic (exact) mass is 288 g/mol. The van der Waals surface area contributed by atoms with Gasteiger partial charge in [-0.05, 0) is 24.1 Å². The van der Waals surface area contributed by atoms with Gasteiger partial charge in [0.05, 0.1) is 26.1 Å². The van der Waals surface area contributed by atoms with E-state index in [4.69, 9.17) is 14.2 Å². The normalized spacial score (nSPS) is 13.7. The number of rotatable bonds is 7. The Balaban J connectivity index is 1.66. The van der Waals surface area contributed by atoms with Crippen LogP contribution in [0.5, 0.6) is 11.5 Å². The molecule has 7 heteroatoms. The third-order valence-corrected chi connectivity index (χ3v) is 3.09. The molecule has 1 aliphatic rings. The van der Waals surface area contributed by atoms with Gasteiger partial charge in [-0.1, -0.05) is 6.07 Å². The van der Waals surface area contributed by atoms with Crippen molar-refractivity contribution in [2.75, 3.05) is 32.9 Å². The molecule has 1 aliphatic heterocycles. The van der Waals surface area contributed by atoms with Crippen LogP contribution in [0.2, 0.25) is 0 Å². The van der Waals surface area contributed by atoms with Crippen molar-refractivity contribution in [3.8, 4) is 11.5 Å². The van der Waals surface area contributed by atoms with Crippen LogP contribution >= 0.6 is 0 Å². The Labute approximate surface area is 112 Å². The molecule has 0 spiro atoms. The lowest BCUT2D eigenvalue weighted by Gasteiger charge is -2.05. The van der Waals surface area contributed by atoms with Gasteiger partial charge in [0.25, 0.3) is 10.1 Å². The van der Waals surface area contributed by atoms with E-state index in [2.05, 4.69) is 4.18 Å². The highest BCUT2D eigenvalue weighted by molar-refractivity contribution is 7.85. The van der Waals surface area contributed by atoms with Crippen LogP contribution in [0, 0.1) is 0 Å². The van der Waals surface area contributed by atoms with Crippen molar-refractivity contribution in [3.63, 3.8) is 0 Å². The lowest BCUT2D eigenvalue weighted by Crippen LogP contribution is -2.10. The van der Waals surface area contributed by atoms with Crippen LogP contribution in [-0.2, 0) is 25.5 Å². The van der Waals surface area contributed by atoms with Gasteiger partial charge in [-0.15, -0.1) is 0 Å². The number of hydrogen-bond donors (Lipinski definition) is 0. The van der Waals surface area contributed by atoms with Gasteiger partial charge < -0.3 is 14.2 Å². The largest absolute Gasteiger partial charge is 0.454 e. The van der Waals surface area contributed by atoms with Crippen LogP contribution in [0.15, 0.2) is 18.2 Å². The zero-order valence-corrected chi connectivity index (χ0v) is 11.4. The third-order valence-electron chi connectivity index (χ3n) is 2.50. The molecule has 0 saturated heterocycles. The maximum absolute atomic E-state index is 10.7. The topological polar surface area (TPSA) is 71.1 Å². The minimum absolute atomic E-state index is 0.0416. The molecule has 0 N–H and O–H groups in total. The molecular weight excluding hydrogens is 272 g/mol. The summed E-state index contributed by atoms with van der Waals surface area (Å²) in [5, 5.41) is 0. The summed E-state index contributed by atoms with van der Waals surface area (Å²) in [5.41, 5.74) is 1.08. The molecule has 2 rings (SSSR count). The highest BCUT2D eigenvalue weighted by atomic mass is 32.2. The molecule has 0 saturated carbocycles. The van der Waals surface area contributed by atoms with Crippen molar-refractivity contribution in [2.45, 2.75) is 6.42 Å². The summed E-state index contributed by atoms with van der Waals surface area (Å²) in [4.78, 5) is 0. The van der Waals surface area contributed by atoms with Crippen LogP contribution < -0.4 is 9.47 Å². The van der Waals surface area contributed by atoms with Gasteiger partial charge in [-0.2, -0.15) is 8.42 Å². The Morgan fingerprint density at radius 1 is 1.16 bits per heavy atom. The second kappa shape index (κ2) is 6.23. The van der Waals surface area contributed by atoms with Gasteiger partial charge in [0.1, 0.15) is 0 Å². The Bertz CT molecular complexity index is 525. The molecule has 106 valence electrons. The second-order valence-corrected chi connectivity index (χ2v) is 5.72. The van der Waals surface area contributed by atoms with Crippen molar-refractivity contribution < 1.29 is 26.8 Å².